The third-order valence-corrected chi connectivity index (χ3v) is 7.30. The zero-order valence-corrected chi connectivity index (χ0v) is 18.3. The molecule has 4 rings (SSSR count). The maximum absolute atomic E-state index is 12.9. The fraction of sp³-hybridized carbons (Fsp3) is 0.550. The Bertz CT molecular complexity index is 789. The molecule has 3 heterocycles. The van der Waals surface area contributed by atoms with Gasteiger partial charge in [-0.3, -0.25) is 4.79 Å². The van der Waals surface area contributed by atoms with Crippen LogP contribution in [0.15, 0.2) is 34.7 Å². The number of carbonyl (C=O) groups excluding carboxylic acids is 1. The van der Waals surface area contributed by atoms with E-state index in [1.807, 2.05) is 17.9 Å². The summed E-state index contributed by atoms with van der Waals surface area (Å²) in [5.41, 5.74) is 1.22. The van der Waals surface area contributed by atoms with Crippen LogP contribution in [0.25, 0.3) is 0 Å². The van der Waals surface area contributed by atoms with Crippen molar-refractivity contribution in [1.29, 1.82) is 0 Å². The number of para-hydroxylation sites is 1. The Kier molecular flexibility index (Phi) is 6.89. The first-order valence-electron chi connectivity index (χ1n) is 10.1. The molecule has 0 saturated carbocycles. The van der Waals surface area contributed by atoms with E-state index < -0.39 is 0 Å². The molecule has 2 atom stereocenters. The molecule has 29 heavy (non-hydrogen) atoms. The molecule has 1 aromatic heterocycles. The molecule has 0 bridgehead atoms. The van der Waals surface area contributed by atoms with Crippen LogP contribution in [0.4, 0.5) is 10.8 Å². The minimum absolute atomic E-state index is 0.169. The largest absolute Gasteiger partial charge is 0.376 e. The number of hydrogen-bond donors (Lipinski definition) is 1. The SMILES string of the molecule is C[C@@H](Sc1nnc(NC[C@H]2CCCO2)s1)C(=O)N1CCN(c2ccccc2)CC1. The Balaban J connectivity index is 1.23. The molecule has 1 amide bonds. The molecule has 156 valence electrons. The number of carbonyl (C=O) groups is 1. The summed E-state index contributed by atoms with van der Waals surface area (Å²) in [6.07, 6.45) is 2.49. The maximum atomic E-state index is 12.9. The summed E-state index contributed by atoms with van der Waals surface area (Å²) >= 11 is 2.99. The quantitative estimate of drug-likeness (QED) is 0.673. The fourth-order valence-corrected chi connectivity index (χ4v) is 5.60. The first-order valence-corrected chi connectivity index (χ1v) is 11.8. The summed E-state index contributed by atoms with van der Waals surface area (Å²) in [5.74, 6) is 0.173. The molecule has 2 fully saturated rings. The summed E-state index contributed by atoms with van der Waals surface area (Å²) < 4.78 is 6.44. The van der Waals surface area contributed by atoms with E-state index in [1.165, 1.54) is 28.8 Å². The highest BCUT2D eigenvalue weighted by Crippen LogP contribution is 2.30. The second-order valence-electron chi connectivity index (χ2n) is 7.30. The minimum atomic E-state index is -0.169. The van der Waals surface area contributed by atoms with E-state index in [1.54, 1.807) is 0 Å². The summed E-state index contributed by atoms with van der Waals surface area (Å²) in [7, 11) is 0. The molecule has 2 aromatic rings. The maximum Gasteiger partial charge on any atom is 0.235 e. The number of hydrogen-bond acceptors (Lipinski definition) is 8. The van der Waals surface area contributed by atoms with E-state index in [0.29, 0.717) is 0 Å². The minimum Gasteiger partial charge on any atom is -0.376 e. The molecule has 9 heteroatoms. The van der Waals surface area contributed by atoms with Gasteiger partial charge in [0.05, 0.1) is 11.4 Å². The van der Waals surface area contributed by atoms with Gasteiger partial charge in [0.25, 0.3) is 0 Å². The van der Waals surface area contributed by atoms with Crippen molar-refractivity contribution >= 4 is 39.8 Å². The van der Waals surface area contributed by atoms with E-state index in [2.05, 4.69) is 44.7 Å². The van der Waals surface area contributed by atoms with Gasteiger partial charge in [-0.25, -0.2) is 0 Å². The van der Waals surface area contributed by atoms with Crippen molar-refractivity contribution in [2.24, 2.45) is 0 Å². The van der Waals surface area contributed by atoms with Crippen LogP contribution in [0.1, 0.15) is 19.8 Å². The molecule has 2 aliphatic rings. The van der Waals surface area contributed by atoms with Crippen molar-refractivity contribution in [1.82, 2.24) is 15.1 Å². The third-order valence-electron chi connectivity index (χ3n) is 5.25. The van der Waals surface area contributed by atoms with Crippen molar-refractivity contribution in [3.05, 3.63) is 30.3 Å². The molecule has 7 nitrogen and oxygen atoms in total. The lowest BCUT2D eigenvalue weighted by Gasteiger charge is -2.37. The second-order valence-corrected chi connectivity index (χ2v) is 9.86. The summed E-state index contributed by atoms with van der Waals surface area (Å²) in [4.78, 5) is 17.2. The van der Waals surface area contributed by atoms with Crippen molar-refractivity contribution in [3.63, 3.8) is 0 Å². The number of nitrogens with one attached hydrogen (secondary N) is 1. The Hall–Kier alpha value is -1.84. The third kappa shape index (κ3) is 5.40. The van der Waals surface area contributed by atoms with Crippen LogP contribution >= 0.6 is 23.1 Å². The number of piperazine rings is 1. The zero-order chi connectivity index (χ0) is 20.1. The van der Waals surface area contributed by atoms with Gasteiger partial charge < -0.3 is 19.9 Å². The van der Waals surface area contributed by atoms with Crippen LogP contribution in [0.5, 0.6) is 0 Å². The van der Waals surface area contributed by atoms with E-state index in [-0.39, 0.29) is 17.3 Å². The summed E-state index contributed by atoms with van der Waals surface area (Å²) in [6.45, 7) is 6.80. The lowest BCUT2D eigenvalue weighted by Crippen LogP contribution is -2.50. The van der Waals surface area contributed by atoms with Gasteiger partial charge in [0.1, 0.15) is 0 Å². The van der Waals surface area contributed by atoms with Gasteiger partial charge in [-0.15, -0.1) is 10.2 Å². The smallest absolute Gasteiger partial charge is 0.235 e. The van der Waals surface area contributed by atoms with Crippen LogP contribution < -0.4 is 10.2 Å². The zero-order valence-electron chi connectivity index (χ0n) is 16.6. The standard InChI is InChI=1S/C20H27N5O2S2/c1-15(28-20-23-22-19(29-20)21-14-17-8-5-13-27-17)18(26)25-11-9-24(10-12-25)16-6-3-2-4-7-16/h2-4,6-7,15,17H,5,8-14H2,1H3,(H,21,22)/t15-,17-/m1/s1. The first kappa shape index (κ1) is 20.4. The van der Waals surface area contributed by atoms with Crippen LogP contribution in [0.2, 0.25) is 0 Å². The van der Waals surface area contributed by atoms with Crippen molar-refractivity contribution in [2.45, 2.75) is 35.5 Å². The molecular formula is C20H27N5O2S2. The van der Waals surface area contributed by atoms with Gasteiger partial charge in [0.15, 0.2) is 4.34 Å². The van der Waals surface area contributed by atoms with Gasteiger partial charge in [0.2, 0.25) is 11.0 Å². The molecule has 0 unspecified atom stereocenters. The van der Waals surface area contributed by atoms with Gasteiger partial charge >= 0.3 is 0 Å². The van der Waals surface area contributed by atoms with Gasteiger partial charge in [-0.05, 0) is 31.9 Å². The van der Waals surface area contributed by atoms with Crippen LogP contribution in [0.3, 0.4) is 0 Å². The average molecular weight is 434 g/mol. The average Bonchev–Trinajstić information content (AvgIpc) is 3.44. The molecular weight excluding hydrogens is 406 g/mol. The van der Waals surface area contributed by atoms with Gasteiger partial charge in [0, 0.05) is 45.0 Å². The molecule has 1 N–H and O–H groups in total. The fourth-order valence-electron chi connectivity index (χ4n) is 3.62. The van der Waals surface area contributed by atoms with Gasteiger partial charge in [-0.1, -0.05) is 41.3 Å². The van der Waals surface area contributed by atoms with E-state index >= 15 is 0 Å². The van der Waals surface area contributed by atoms with Crippen molar-refractivity contribution in [2.75, 3.05) is 49.5 Å². The monoisotopic (exact) mass is 433 g/mol. The van der Waals surface area contributed by atoms with Gasteiger partial charge in [-0.2, -0.15) is 0 Å². The van der Waals surface area contributed by atoms with Crippen LogP contribution in [-0.2, 0) is 9.53 Å². The lowest BCUT2D eigenvalue weighted by atomic mass is 10.2. The van der Waals surface area contributed by atoms with Crippen molar-refractivity contribution < 1.29 is 9.53 Å². The number of aromatic nitrogens is 2. The van der Waals surface area contributed by atoms with E-state index in [9.17, 15) is 4.79 Å². The lowest BCUT2D eigenvalue weighted by molar-refractivity contribution is -0.130. The normalized spacial score (nSPS) is 20.7. The topological polar surface area (TPSA) is 70.6 Å². The number of thioether (sulfide) groups is 1. The number of nitrogens with zero attached hydrogens (tertiary/aromatic N) is 4. The number of rotatable bonds is 7. The summed E-state index contributed by atoms with van der Waals surface area (Å²) in [6, 6.07) is 10.4. The highest BCUT2D eigenvalue weighted by molar-refractivity contribution is 8.02. The van der Waals surface area contributed by atoms with E-state index in [0.717, 1.165) is 61.6 Å². The number of ether oxygens (including phenoxy) is 1. The predicted octanol–water partition coefficient (Wildman–Crippen LogP) is 2.96. The number of benzene rings is 1. The Labute approximate surface area is 179 Å². The second kappa shape index (κ2) is 9.77. The van der Waals surface area contributed by atoms with Crippen molar-refractivity contribution in [3.8, 4) is 0 Å². The van der Waals surface area contributed by atoms with Crippen LogP contribution in [-0.4, -0.2) is 71.7 Å². The molecule has 2 aliphatic heterocycles. The highest BCUT2D eigenvalue weighted by Gasteiger charge is 2.26. The molecule has 2 saturated heterocycles. The molecule has 1 aromatic carbocycles. The van der Waals surface area contributed by atoms with Crippen LogP contribution in [0, 0.1) is 0 Å². The highest BCUT2D eigenvalue weighted by atomic mass is 32.2. The predicted molar refractivity (Wildman–Crippen MR) is 118 cm³/mol. The number of anilines is 2. The number of amides is 1. The Morgan fingerprint density at radius 3 is 2.79 bits per heavy atom. The molecule has 0 aliphatic carbocycles. The first-order chi connectivity index (χ1) is 14.2. The summed E-state index contributed by atoms with van der Waals surface area (Å²) in [5, 5.41) is 12.3. The molecule has 0 spiro atoms. The van der Waals surface area contributed by atoms with E-state index in [4.69, 9.17) is 4.74 Å². The Morgan fingerprint density at radius 1 is 1.28 bits per heavy atom. The Morgan fingerprint density at radius 2 is 2.07 bits per heavy atom. The molecule has 0 radical (unpaired) electrons.